The van der Waals surface area contributed by atoms with Crippen LogP contribution in [0.4, 0.5) is 4.79 Å². The van der Waals surface area contributed by atoms with Crippen molar-refractivity contribution in [3.8, 4) is 0 Å². The Kier molecular flexibility index (Phi) is 5.61. The van der Waals surface area contributed by atoms with Crippen LogP contribution < -0.4 is 10.6 Å². The van der Waals surface area contributed by atoms with E-state index in [9.17, 15) is 9.59 Å². The second kappa shape index (κ2) is 7.45. The highest BCUT2D eigenvalue weighted by Crippen LogP contribution is 2.33. The quantitative estimate of drug-likeness (QED) is 0.755. The standard InChI is InChI=1S/C15H22N2O3S/c1-2-3-5-12(14(18)19)17-15(20)16-11-6-4-7-13-10(11)8-9-21-13/h8-9,11-12H,2-7H2,1H3,(H,18,19)(H2,16,17,20)/t11?,12-/m0/s1. The molecule has 1 aliphatic carbocycles. The summed E-state index contributed by atoms with van der Waals surface area (Å²) in [6.07, 6.45) is 5.19. The van der Waals surface area contributed by atoms with Gasteiger partial charge >= 0.3 is 12.0 Å². The van der Waals surface area contributed by atoms with E-state index in [4.69, 9.17) is 5.11 Å². The van der Waals surface area contributed by atoms with Crippen LogP contribution >= 0.6 is 11.3 Å². The maximum absolute atomic E-state index is 12.0. The third kappa shape index (κ3) is 4.20. The lowest BCUT2D eigenvalue weighted by Gasteiger charge is -2.25. The van der Waals surface area contributed by atoms with Crippen LogP contribution in [-0.4, -0.2) is 23.1 Å². The number of aliphatic carboxylic acids is 1. The van der Waals surface area contributed by atoms with E-state index < -0.39 is 12.0 Å². The van der Waals surface area contributed by atoms with Crippen LogP contribution in [0, 0.1) is 0 Å². The number of aryl methyl sites for hydroxylation is 1. The Morgan fingerprint density at radius 1 is 1.52 bits per heavy atom. The highest BCUT2D eigenvalue weighted by Gasteiger charge is 2.25. The fourth-order valence-electron chi connectivity index (χ4n) is 2.66. The Labute approximate surface area is 128 Å². The fourth-order valence-corrected chi connectivity index (χ4v) is 3.65. The van der Waals surface area contributed by atoms with Crippen LogP contribution in [0.2, 0.25) is 0 Å². The lowest BCUT2D eigenvalue weighted by molar-refractivity contribution is -0.139. The number of carbonyl (C=O) groups excluding carboxylic acids is 1. The van der Waals surface area contributed by atoms with Crippen molar-refractivity contribution in [2.75, 3.05) is 0 Å². The van der Waals surface area contributed by atoms with Gasteiger partial charge in [-0.2, -0.15) is 0 Å². The van der Waals surface area contributed by atoms with Gasteiger partial charge in [-0.15, -0.1) is 11.3 Å². The van der Waals surface area contributed by atoms with E-state index >= 15 is 0 Å². The van der Waals surface area contributed by atoms with Crippen LogP contribution in [0.5, 0.6) is 0 Å². The lowest BCUT2D eigenvalue weighted by Crippen LogP contribution is -2.47. The number of unbranched alkanes of at least 4 members (excludes halogenated alkanes) is 1. The smallest absolute Gasteiger partial charge is 0.326 e. The van der Waals surface area contributed by atoms with Crippen molar-refractivity contribution in [3.63, 3.8) is 0 Å². The molecule has 6 heteroatoms. The van der Waals surface area contributed by atoms with Crippen LogP contribution in [0.15, 0.2) is 11.4 Å². The molecule has 1 unspecified atom stereocenters. The normalized spacial score (nSPS) is 18.6. The number of amides is 2. The van der Waals surface area contributed by atoms with Gasteiger partial charge in [0.25, 0.3) is 0 Å². The van der Waals surface area contributed by atoms with Crippen LogP contribution in [0.3, 0.4) is 0 Å². The molecule has 1 heterocycles. The van der Waals surface area contributed by atoms with Crippen molar-refractivity contribution < 1.29 is 14.7 Å². The Balaban J connectivity index is 1.91. The lowest BCUT2D eigenvalue weighted by atomic mass is 9.94. The highest BCUT2D eigenvalue weighted by molar-refractivity contribution is 7.10. The molecule has 2 rings (SSSR count). The fraction of sp³-hybridized carbons (Fsp3) is 0.600. The summed E-state index contributed by atoms with van der Waals surface area (Å²) in [5.74, 6) is -0.974. The molecule has 5 nitrogen and oxygen atoms in total. The van der Waals surface area contributed by atoms with Crippen molar-refractivity contribution in [2.45, 2.75) is 57.5 Å². The molecule has 0 bridgehead atoms. The zero-order valence-electron chi connectivity index (χ0n) is 12.2. The minimum absolute atomic E-state index is 0.000574. The van der Waals surface area contributed by atoms with Crippen molar-refractivity contribution in [2.24, 2.45) is 0 Å². The molecule has 0 aromatic carbocycles. The van der Waals surface area contributed by atoms with Crippen LogP contribution in [0.1, 0.15) is 55.5 Å². The number of hydrogen-bond acceptors (Lipinski definition) is 3. The first-order chi connectivity index (χ1) is 10.1. The molecule has 21 heavy (non-hydrogen) atoms. The first-order valence-corrected chi connectivity index (χ1v) is 8.36. The molecule has 2 amide bonds. The largest absolute Gasteiger partial charge is 0.480 e. The van der Waals surface area contributed by atoms with E-state index in [1.54, 1.807) is 11.3 Å². The minimum atomic E-state index is -0.974. The molecular weight excluding hydrogens is 288 g/mol. The molecule has 0 saturated heterocycles. The van der Waals surface area contributed by atoms with Gasteiger partial charge in [0.2, 0.25) is 0 Å². The van der Waals surface area contributed by atoms with Gasteiger partial charge in [0.15, 0.2) is 0 Å². The van der Waals surface area contributed by atoms with Gasteiger partial charge in [0.05, 0.1) is 6.04 Å². The summed E-state index contributed by atoms with van der Waals surface area (Å²) >= 11 is 1.72. The maximum Gasteiger partial charge on any atom is 0.326 e. The van der Waals surface area contributed by atoms with Crippen molar-refractivity contribution in [1.29, 1.82) is 0 Å². The molecule has 0 spiro atoms. The number of rotatable bonds is 6. The molecule has 1 aromatic heterocycles. The first-order valence-electron chi connectivity index (χ1n) is 7.48. The third-order valence-corrected chi connectivity index (χ3v) is 4.80. The number of carboxylic acid groups (broad SMARTS) is 1. The van der Waals surface area contributed by atoms with Gasteiger partial charge in [0.1, 0.15) is 6.04 Å². The van der Waals surface area contributed by atoms with Crippen LogP contribution in [-0.2, 0) is 11.2 Å². The topological polar surface area (TPSA) is 78.4 Å². The number of hydrogen-bond donors (Lipinski definition) is 3. The van der Waals surface area contributed by atoms with Crippen LogP contribution in [0.25, 0.3) is 0 Å². The molecule has 0 radical (unpaired) electrons. The summed E-state index contributed by atoms with van der Waals surface area (Å²) in [6.45, 7) is 2.00. The van der Waals surface area contributed by atoms with Gasteiger partial charge in [-0.1, -0.05) is 19.8 Å². The molecule has 1 aromatic rings. The van der Waals surface area contributed by atoms with Crippen molar-refractivity contribution in [1.82, 2.24) is 10.6 Å². The van der Waals surface area contributed by atoms with Gasteiger partial charge in [0, 0.05) is 4.88 Å². The molecule has 116 valence electrons. The SMILES string of the molecule is CCCC[C@H](NC(=O)NC1CCCc2sccc21)C(=O)O. The summed E-state index contributed by atoms with van der Waals surface area (Å²) in [7, 11) is 0. The van der Waals surface area contributed by atoms with E-state index in [0.717, 1.165) is 32.1 Å². The summed E-state index contributed by atoms with van der Waals surface area (Å²) < 4.78 is 0. The number of carbonyl (C=O) groups is 2. The number of urea groups is 1. The predicted molar refractivity (Wildman–Crippen MR) is 82.6 cm³/mol. The average molecular weight is 310 g/mol. The zero-order chi connectivity index (χ0) is 15.2. The van der Waals surface area contributed by atoms with Crippen molar-refractivity contribution >= 4 is 23.3 Å². The first kappa shape index (κ1) is 15.8. The van der Waals surface area contributed by atoms with E-state index in [0.29, 0.717) is 6.42 Å². The van der Waals surface area contributed by atoms with E-state index in [1.807, 2.05) is 12.3 Å². The Morgan fingerprint density at radius 3 is 3.05 bits per heavy atom. The van der Waals surface area contributed by atoms with E-state index in [2.05, 4.69) is 16.7 Å². The number of nitrogens with one attached hydrogen (secondary N) is 2. The molecular formula is C15H22N2O3S. The van der Waals surface area contributed by atoms with Gasteiger partial charge in [-0.3, -0.25) is 0 Å². The van der Waals surface area contributed by atoms with Gasteiger partial charge in [-0.05, 0) is 42.7 Å². The number of carboxylic acids is 1. The Hall–Kier alpha value is -1.56. The maximum atomic E-state index is 12.0. The molecule has 1 aliphatic rings. The second-order valence-electron chi connectivity index (χ2n) is 5.39. The monoisotopic (exact) mass is 310 g/mol. The number of thiophene rings is 1. The summed E-state index contributed by atoms with van der Waals surface area (Å²) in [5, 5.41) is 16.7. The highest BCUT2D eigenvalue weighted by atomic mass is 32.1. The second-order valence-corrected chi connectivity index (χ2v) is 6.40. The molecule has 0 aliphatic heterocycles. The Morgan fingerprint density at radius 2 is 2.33 bits per heavy atom. The van der Waals surface area contributed by atoms with Crippen molar-refractivity contribution in [3.05, 3.63) is 21.9 Å². The van der Waals surface area contributed by atoms with E-state index in [1.165, 1.54) is 10.4 Å². The predicted octanol–water partition coefficient (Wildman–Crippen LogP) is 3.07. The minimum Gasteiger partial charge on any atom is -0.480 e. The zero-order valence-corrected chi connectivity index (χ0v) is 13.0. The average Bonchev–Trinajstić information content (AvgIpc) is 2.92. The molecule has 0 fully saturated rings. The molecule has 0 saturated carbocycles. The Bertz CT molecular complexity index is 501. The van der Waals surface area contributed by atoms with E-state index in [-0.39, 0.29) is 12.1 Å². The third-order valence-electron chi connectivity index (χ3n) is 3.81. The number of fused-ring (bicyclic) bond motifs is 1. The molecule has 3 N–H and O–H groups in total. The molecule has 2 atom stereocenters. The summed E-state index contributed by atoms with van der Waals surface area (Å²) in [6, 6.07) is 0.856. The summed E-state index contributed by atoms with van der Waals surface area (Å²) in [5.41, 5.74) is 1.18. The van der Waals surface area contributed by atoms with Gasteiger partial charge in [-0.25, -0.2) is 9.59 Å². The van der Waals surface area contributed by atoms with Gasteiger partial charge < -0.3 is 15.7 Å². The summed E-state index contributed by atoms with van der Waals surface area (Å²) in [4.78, 5) is 24.5.